The van der Waals surface area contributed by atoms with Crippen LogP contribution >= 0.6 is 0 Å². The maximum absolute atomic E-state index is 11.2. The van der Waals surface area contributed by atoms with E-state index in [2.05, 4.69) is 46.4 Å². The van der Waals surface area contributed by atoms with Gasteiger partial charge in [-0.2, -0.15) is 0 Å². The van der Waals surface area contributed by atoms with Gasteiger partial charge in [0.05, 0.1) is 13.0 Å². The molecule has 1 heterocycles. The Morgan fingerprint density at radius 1 is 1.19 bits per heavy atom. The van der Waals surface area contributed by atoms with E-state index >= 15 is 0 Å². The maximum Gasteiger partial charge on any atom is 0.307 e. The topological polar surface area (TPSA) is 44.8 Å². The third kappa shape index (κ3) is 4.93. The summed E-state index contributed by atoms with van der Waals surface area (Å²) in [4.78, 5) is 16.0. The van der Waals surface area contributed by atoms with Gasteiger partial charge in [0.15, 0.2) is 0 Å². The van der Waals surface area contributed by atoms with Gasteiger partial charge in [-0.15, -0.1) is 0 Å². The van der Waals surface area contributed by atoms with Crippen molar-refractivity contribution in [3.05, 3.63) is 24.3 Å². The van der Waals surface area contributed by atoms with Crippen LogP contribution in [0.25, 0.3) is 0 Å². The Balaban J connectivity index is 1.78. The molecule has 1 aromatic rings. The summed E-state index contributed by atoms with van der Waals surface area (Å²) in [6, 6.07) is 8.41. The molecule has 1 fully saturated rings. The van der Waals surface area contributed by atoms with Gasteiger partial charge in [-0.05, 0) is 38.2 Å². The number of carbonyl (C=O) groups excluding carboxylic acids is 1. The highest BCUT2D eigenvalue weighted by atomic mass is 16.5. The molecule has 0 unspecified atom stereocenters. The first kappa shape index (κ1) is 15.6. The van der Waals surface area contributed by atoms with E-state index in [9.17, 15) is 4.79 Å². The number of likely N-dealkylation sites (N-methyl/N-ethyl adjacent to an activating group) is 1. The number of hydrogen-bond acceptors (Lipinski definition) is 5. The van der Waals surface area contributed by atoms with Crippen LogP contribution in [-0.2, 0) is 9.53 Å². The lowest BCUT2D eigenvalue weighted by Gasteiger charge is -2.34. The van der Waals surface area contributed by atoms with Gasteiger partial charge >= 0.3 is 5.97 Å². The molecular weight excluding hydrogens is 266 g/mol. The minimum Gasteiger partial charge on any atom is -0.466 e. The van der Waals surface area contributed by atoms with E-state index in [1.165, 1.54) is 5.69 Å². The van der Waals surface area contributed by atoms with Crippen molar-refractivity contribution in [1.82, 2.24) is 4.90 Å². The number of rotatable bonds is 6. The smallest absolute Gasteiger partial charge is 0.307 e. The summed E-state index contributed by atoms with van der Waals surface area (Å²) in [5, 5.41) is 3.24. The fourth-order valence-corrected chi connectivity index (χ4v) is 2.40. The second-order valence-corrected chi connectivity index (χ2v) is 5.32. The number of hydrogen-bond donors (Lipinski definition) is 1. The molecule has 0 aromatic heterocycles. The van der Waals surface area contributed by atoms with Crippen molar-refractivity contribution in [1.29, 1.82) is 0 Å². The number of carbonyl (C=O) groups is 1. The highest BCUT2D eigenvalue weighted by molar-refractivity contribution is 5.70. The van der Waals surface area contributed by atoms with E-state index in [1.54, 1.807) is 0 Å². The SMILES string of the molecule is CCOC(=O)CCNc1ccc(N2CCN(C)CC2)cc1. The van der Waals surface area contributed by atoms with Crippen molar-refractivity contribution in [2.75, 3.05) is 56.6 Å². The van der Waals surface area contributed by atoms with Crippen LogP contribution in [0.1, 0.15) is 13.3 Å². The van der Waals surface area contributed by atoms with Gasteiger partial charge in [0.25, 0.3) is 0 Å². The molecule has 5 heteroatoms. The molecule has 1 saturated heterocycles. The van der Waals surface area contributed by atoms with Crippen LogP contribution in [0.4, 0.5) is 11.4 Å². The molecule has 116 valence electrons. The third-order valence-corrected chi connectivity index (χ3v) is 3.70. The maximum atomic E-state index is 11.2. The summed E-state index contributed by atoms with van der Waals surface area (Å²) in [6.45, 7) is 7.24. The predicted molar refractivity (Wildman–Crippen MR) is 85.9 cm³/mol. The first-order valence-corrected chi connectivity index (χ1v) is 7.62. The first-order valence-electron chi connectivity index (χ1n) is 7.62. The molecule has 0 aliphatic carbocycles. The molecule has 0 atom stereocenters. The summed E-state index contributed by atoms with van der Waals surface area (Å²) < 4.78 is 4.90. The van der Waals surface area contributed by atoms with E-state index < -0.39 is 0 Å². The molecule has 5 nitrogen and oxygen atoms in total. The quantitative estimate of drug-likeness (QED) is 0.810. The highest BCUT2D eigenvalue weighted by Gasteiger charge is 2.13. The highest BCUT2D eigenvalue weighted by Crippen LogP contribution is 2.19. The molecule has 0 saturated carbocycles. The number of esters is 1. The first-order chi connectivity index (χ1) is 10.2. The molecule has 2 rings (SSSR count). The molecule has 0 bridgehead atoms. The average Bonchev–Trinajstić information content (AvgIpc) is 2.49. The lowest BCUT2D eigenvalue weighted by molar-refractivity contribution is -0.142. The Kier molecular flexibility index (Phi) is 5.87. The van der Waals surface area contributed by atoms with Crippen LogP contribution in [0.3, 0.4) is 0 Å². The number of nitrogens with one attached hydrogen (secondary N) is 1. The predicted octanol–water partition coefficient (Wildman–Crippen LogP) is 1.80. The Morgan fingerprint density at radius 2 is 1.86 bits per heavy atom. The normalized spacial score (nSPS) is 15.8. The molecule has 0 radical (unpaired) electrons. The van der Waals surface area contributed by atoms with Crippen molar-refractivity contribution in [2.24, 2.45) is 0 Å². The second kappa shape index (κ2) is 7.88. The lowest BCUT2D eigenvalue weighted by Crippen LogP contribution is -2.44. The summed E-state index contributed by atoms with van der Waals surface area (Å²) in [5.74, 6) is -0.154. The van der Waals surface area contributed by atoms with Gasteiger partial charge in [0.1, 0.15) is 0 Å². The monoisotopic (exact) mass is 291 g/mol. The standard InChI is InChI=1S/C16H25N3O2/c1-3-21-16(20)8-9-17-14-4-6-15(7-5-14)19-12-10-18(2)11-13-19/h4-7,17H,3,8-13H2,1-2H3. The molecule has 1 aliphatic heterocycles. The van der Waals surface area contributed by atoms with Crippen molar-refractivity contribution >= 4 is 17.3 Å². The lowest BCUT2D eigenvalue weighted by atomic mass is 10.2. The number of anilines is 2. The van der Waals surface area contributed by atoms with Crippen LogP contribution in [0.15, 0.2) is 24.3 Å². The zero-order chi connectivity index (χ0) is 15.1. The van der Waals surface area contributed by atoms with Crippen molar-refractivity contribution < 1.29 is 9.53 Å². The van der Waals surface area contributed by atoms with E-state index in [0.29, 0.717) is 19.6 Å². The molecule has 0 spiro atoms. The number of nitrogens with zero attached hydrogens (tertiary/aromatic N) is 2. The zero-order valence-electron chi connectivity index (χ0n) is 13.0. The third-order valence-electron chi connectivity index (χ3n) is 3.70. The molecule has 1 aliphatic rings. The Bertz CT molecular complexity index is 439. The second-order valence-electron chi connectivity index (χ2n) is 5.32. The van der Waals surface area contributed by atoms with E-state index in [0.717, 1.165) is 31.9 Å². The van der Waals surface area contributed by atoms with Crippen LogP contribution in [0.2, 0.25) is 0 Å². The van der Waals surface area contributed by atoms with Crippen LogP contribution in [-0.4, -0.2) is 57.2 Å². The molecule has 1 N–H and O–H groups in total. The van der Waals surface area contributed by atoms with Crippen molar-refractivity contribution in [2.45, 2.75) is 13.3 Å². The largest absolute Gasteiger partial charge is 0.466 e. The average molecular weight is 291 g/mol. The van der Waals surface area contributed by atoms with Gasteiger partial charge < -0.3 is 19.9 Å². The number of ether oxygens (including phenoxy) is 1. The van der Waals surface area contributed by atoms with Crippen LogP contribution < -0.4 is 10.2 Å². The molecule has 21 heavy (non-hydrogen) atoms. The van der Waals surface area contributed by atoms with Gasteiger partial charge in [-0.1, -0.05) is 0 Å². The molecule has 0 amide bonds. The van der Waals surface area contributed by atoms with E-state index in [1.807, 2.05) is 6.92 Å². The van der Waals surface area contributed by atoms with Gasteiger partial charge in [0, 0.05) is 44.1 Å². The van der Waals surface area contributed by atoms with E-state index in [-0.39, 0.29) is 5.97 Å². The fourth-order valence-electron chi connectivity index (χ4n) is 2.40. The van der Waals surface area contributed by atoms with Gasteiger partial charge in [-0.3, -0.25) is 4.79 Å². The van der Waals surface area contributed by atoms with Crippen molar-refractivity contribution in [3.8, 4) is 0 Å². The fraction of sp³-hybridized carbons (Fsp3) is 0.562. The Morgan fingerprint density at radius 3 is 2.48 bits per heavy atom. The van der Waals surface area contributed by atoms with Crippen LogP contribution in [0.5, 0.6) is 0 Å². The minimum absolute atomic E-state index is 0.154. The summed E-state index contributed by atoms with van der Waals surface area (Å²) in [7, 11) is 2.16. The summed E-state index contributed by atoms with van der Waals surface area (Å²) in [5.41, 5.74) is 2.30. The summed E-state index contributed by atoms with van der Waals surface area (Å²) >= 11 is 0. The molecule has 1 aromatic carbocycles. The van der Waals surface area contributed by atoms with Gasteiger partial charge in [0.2, 0.25) is 0 Å². The molecular formula is C16H25N3O2. The Hall–Kier alpha value is -1.75. The minimum atomic E-state index is -0.154. The van der Waals surface area contributed by atoms with Crippen molar-refractivity contribution in [3.63, 3.8) is 0 Å². The summed E-state index contributed by atoms with van der Waals surface area (Å²) in [6.07, 6.45) is 0.397. The number of benzene rings is 1. The Labute approximate surface area is 126 Å². The van der Waals surface area contributed by atoms with Gasteiger partial charge in [-0.25, -0.2) is 0 Å². The number of piperazine rings is 1. The van der Waals surface area contributed by atoms with Crippen LogP contribution in [0, 0.1) is 0 Å². The van der Waals surface area contributed by atoms with E-state index in [4.69, 9.17) is 4.74 Å². The zero-order valence-corrected chi connectivity index (χ0v) is 13.0.